The van der Waals surface area contributed by atoms with Crippen molar-refractivity contribution in [2.75, 3.05) is 19.6 Å². The first-order valence-corrected chi connectivity index (χ1v) is 8.21. The molecule has 3 rings (SSSR count). The molecule has 6 heteroatoms. The van der Waals surface area contributed by atoms with E-state index in [1.165, 1.54) is 12.8 Å². The van der Waals surface area contributed by atoms with E-state index in [0.717, 1.165) is 31.7 Å². The number of carbonyl (C=O) groups excluding carboxylic acids is 1. The number of amides is 1. The third kappa shape index (κ3) is 3.45. The Kier molecular flexibility index (Phi) is 5.02. The number of aromatic nitrogens is 1. The lowest BCUT2D eigenvalue weighted by Crippen LogP contribution is -2.47. The first kappa shape index (κ1) is 15.4. The van der Waals surface area contributed by atoms with E-state index < -0.39 is 0 Å². The van der Waals surface area contributed by atoms with Crippen LogP contribution in [0, 0.1) is 0 Å². The number of hydrazine groups is 1. The number of nitrogens with one attached hydrogen (secondary N) is 3. The van der Waals surface area contributed by atoms with Crippen LogP contribution in [0.5, 0.6) is 0 Å². The molecule has 0 saturated carbocycles. The molecular weight excluding hydrogens is 278 g/mol. The van der Waals surface area contributed by atoms with E-state index in [2.05, 4.69) is 33.0 Å². The Labute approximate surface area is 131 Å². The fraction of sp³-hybridized carbons (Fsp3) is 0.625. The molecule has 0 aliphatic carbocycles. The molecule has 120 valence electrons. The molecule has 0 bridgehead atoms. The Morgan fingerprint density at radius 1 is 1.45 bits per heavy atom. The number of likely N-dealkylation sites (N-methyl/N-ethyl adjacent to an activating group) is 1. The fourth-order valence-electron chi connectivity index (χ4n) is 3.39. The molecule has 1 aromatic heterocycles. The maximum atomic E-state index is 12.3. The van der Waals surface area contributed by atoms with Gasteiger partial charge in [0.05, 0.1) is 11.7 Å². The standard InChI is InChI=1S/C16H25N5O/c1-2-21-9-5-6-12(21)11-18-16(22)15-10-14(19-20-15)13-7-3-4-8-17-13/h3-4,7-8,12,14-15,19-20H,2,5-6,9-11H2,1H3,(H,18,22). The molecule has 0 spiro atoms. The van der Waals surface area contributed by atoms with Gasteiger partial charge in [0, 0.05) is 18.8 Å². The maximum absolute atomic E-state index is 12.3. The van der Waals surface area contributed by atoms with Gasteiger partial charge in [-0.3, -0.25) is 14.7 Å². The van der Waals surface area contributed by atoms with Crippen LogP contribution in [0.25, 0.3) is 0 Å². The molecule has 3 unspecified atom stereocenters. The number of hydrogen-bond acceptors (Lipinski definition) is 5. The zero-order valence-corrected chi connectivity index (χ0v) is 13.1. The average molecular weight is 303 g/mol. The summed E-state index contributed by atoms with van der Waals surface area (Å²) in [4.78, 5) is 19.1. The minimum Gasteiger partial charge on any atom is -0.353 e. The van der Waals surface area contributed by atoms with Gasteiger partial charge in [-0.25, -0.2) is 10.9 Å². The molecule has 2 aliphatic heterocycles. The van der Waals surface area contributed by atoms with Crippen LogP contribution in [0.1, 0.15) is 37.9 Å². The molecule has 22 heavy (non-hydrogen) atoms. The average Bonchev–Trinajstić information content (AvgIpc) is 3.22. The maximum Gasteiger partial charge on any atom is 0.238 e. The molecule has 0 aromatic carbocycles. The second-order valence-electron chi connectivity index (χ2n) is 6.05. The van der Waals surface area contributed by atoms with Crippen molar-refractivity contribution in [2.45, 2.75) is 44.3 Å². The van der Waals surface area contributed by atoms with Gasteiger partial charge in [0.25, 0.3) is 0 Å². The third-order valence-corrected chi connectivity index (χ3v) is 4.68. The zero-order chi connectivity index (χ0) is 15.4. The largest absolute Gasteiger partial charge is 0.353 e. The van der Waals surface area contributed by atoms with Gasteiger partial charge in [0.2, 0.25) is 5.91 Å². The summed E-state index contributed by atoms with van der Waals surface area (Å²) in [5.41, 5.74) is 7.23. The lowest BCUT2D eigenvalue weighted by Gasteiger charge is -2.23. The Hall–Kier alpha value is -1.50. The smallest absolute Gasteiger partial charge is 0.238 e. The van der Waals surface area contributed by atoms with Gasteiger partial charge in [-0.05, 0) is 44.5 Å². The quantitative estimate of drug-likeness (QED) is 0.743. The number of pyridine rings is 1. The van der Waals surface area contributed by atoms with E-state index in [-0.39, 0.29) is 18.0 Å². The van der Waals surface area contributed by atoms with Crippen LogP contribution in [0.3, 0.4) is 0 Å². The second-order valence-corrected chi connectivity index (χ2v) is 6.05. The second kappa shape index (κ2) is 7.17. The molecule has 2 saturated heterocycles. The van der Waals surface area contributed by atoms with Crippen molar-refractivity contribution in [3.05, 3.63) is 30.1 Å². The van der Waals surface area contributed by atoms with E-state index in [0.29, 0.717) is 6.04 Å². The summed E-state index contributed by atoms with van der Waals surface area (Å²) in [5, 5.41) is 3.10. The molecule has 0 radical (unpaired) electrons. The molecule has 1 aromatic rings. The molecule has 2 fully saturated rings. The summed E-state index contributed by atoms with van der Waals surface area (Å²) >= 11 is 0. The van der Waals surface area contributed by atoms with Gasteiger partial charge < -0.3 is 5.32 Å². The van der Waals surface area contributed by atoms with E-state index >= 15 is 0 Å². The van der Waals surface area contributed by atoms with Crippen LogP contribution in [0.15, 0.2) is 24.4 Å². The molecular formula is C16H25N5O. The van der Waals surface area contributed by atoms with Crippen molar-refractivity contribution in [3.63, 3.8) is 0 Å². The molecule has 3 N–H and O–H groups in total. The van der Waals surface area contributed by atoms with Crippen LogP contribution in [0.4, 0.5) is 0 Å². The van der Waals surface area contributed by atoms with Gasteiger partial charge in [-0.15, -0.1) is 0 Å². The van der Waals surface area contributed by atoms with Gasteiger partial charge in [-0.2, -0.15) is 0 Å². The van der Waals surface area contributed by atoms with Crippen molar-refractivity contribution < 1.29 is 4.79 Å². The highest BCUT2D eigenvalue weighted by Gasteiger charge is 2.31. The highest BCUT2D eigenvalue weighted by Crippen LogP contribution is 2.20. The normalized spacial score (nSPS) is 28.9. The van der Waals surface area contributed by atoms with Crippen molar-refractivity contribution in [3.8, 4) is 0 Å². The lowest BCUT2D eigenvalue weighted by atomic mass is 10.1. The van der Waals surface area contributed by atoms with E-state index in [4.69, 9.17) is 0 Å². The van der Waals surface area contributed by atoms with Gasteiger partial charge >= 0.3 is 0 Å². The van der Waals surface area contributed by atoms with Crippen LogP contribution >= 0.6 is 0 Å². The van der Waals surface area contributed by atoms with Gasteiger partial charge in [0.15, 0.2) is 0 Å². The molecule has 1 amide bonds. The summed E-state index contributed by atoms with van der Waals surface area (Å²) in [6.45, 7) is 5.15. The van der Waals surface area contributed by atoms with Gasteiger partial charge in [-0.1, -0.05) is 13.0 Å². The highest BCUT2D eigenvalue weighted by atomic mass is 16.2. The minimum absolute atomic E-state index is 0.0777. The number of carbonyl (C=O) groups is 1. The van der Waals surface area contributed by atoms with Crippen molar-refractivity contribution in [1.82, 2.24) is 26.1 Å². The third-order valence-electron chi connectivity index (χ3n) is 4.68. The number of hydrogen-bond donors (Lipinski definition) is 3. The summed E-state index contributed by atoms with van der Waals surface area (Å²) in [6.07, 6.45) is 4.93. The highest BCUT2D eigenvalue weighted by molar-refractivity contribution is 5.82. The Morgan fingerprint density at radius 3 is 3.14 bits per heavy atom. The van der Waals surface area contributed by atoms with Crippen molar-refractivity contribution in [1.29, 1.82) is 0 Å². The summed E-state index contributed by atoms with van der Waals surface area (Å²) < 4.78 is 0. The summed E-state index contributed by atoms with van der Waals surface area (Å²) in [5.74, 6) is 0.0777. The minimum atomic E-state index is -0.191. The first-order valence-electron chi connectivity index (χ1n) is 8.21. The fourth-order valence-corrected chi connectivity index (χ4v) is 3.39. The van der Waals surface area contributed by atoms with E-state index in [9.17, 15) is 4.79 Å². The Bertz CT molecular complexity index is 495. The zero-order valence-electron chi connectivity index (χ0n) is 13.1. The topological polar surface area (TPSA) is 69.3 Å². The Balaban J connectivity index is 1.47. The molecule has 3 atom stereocenters. The van der Waals surface area contributed by atoms with Crippen LogP contribution in [0.2, 0.25) is 0 Å². The molecule has 3 heterocycles. The van der Waals surface area contributed by atoms with Crippen LogP contribution in [-0.4, -0.2) is 47.5 Å². The number of rotatable bonds is 5. The predicted octanol–water partition coefficient (Wildman–Crippen LogP) is 0.590. The summed E-state index contributed by atoms with van der Waals surface area (Å²) in [7, 11) is 0. The van der Waals surface area contributed by atoms with E-state index in [1.807, 2.05) is 18.2 Å². The molecule has 2 aliphatic rings. The van der Waals surface area contributed by atoms with Crippen LogP contribution in [-0.2, 0) is 4.79 Å². The predicted molar refractivity (Wildman–Crippen MR) is 84.9 cm³/mol. The van der Waals surface area contributed by atoms with Crippen molar-refractivity contribution in [2.24, 2.45) is 0 Å². The summed E-state index contributed by atoms with van der Waals surface area (Å²) in [6, 6.07) is 6.25. The van der Waals surface area contributed by atoms with Gasteiger partial charge in [0.1, 0.15) is 6.04 Å². The lowest BCUT2D eigenvalue weighted by molar-refractivity contribution is -0.123. The Morgan fingerprint density at radius 2 is 2.36 bits per heavy atom. The van der Waals surface area contributed by atoms with E-state index in [1.54, 1.807) is 6.20 Å². The molecule has 6 nitrogen and oxygen atoms in total. The first-order chi connectivity index (χ1) is 10.8. The van der Waals surface area contributed by atoms with Crippen LogP contribution < -0.4 is 16.2 Å². The monoisotopic (exact) mass is 303 g/mol. The number of nitrogens with zero attached hydrogens (tertiary/aromatic N) is 2. The number of likely N-dealkylation sites (tertiary alicyclic amines) is 1. The SMILES string of the molecule is CCN1CCCC1CNC(=O)C1CC(c2ccccn2)NN1. The van der Waals surface area contributed by atoms with Crippen molar-refractivity contribution >= 4 is 5.91 Å².